The van der Waals surface area contributed by atoms with Crippen LogP contribution in [-0.4, -0.2) is 32.0 Å². The van der Waals surface area contributed by atoms with Crippen molar-refractivity contribution in [2.24, 2.45) is 0 Å². The molecule has 1 aromatic carbocycles. The molecule has 0 spiro atoms. The average molecular weight is 375 g/mol. The van der Waals surface area contributed by atoms with Crippen LogP contribution in [0.5, 0.6) is 5.75 Å². The molecule has 1 aliphatic heterocycles. The summed E-state index contributed by atoms with van der Waals surface area (Å²) in [4.78, 5) is 12.8. The SMILES string of the molecule is C[C@H]1Cc2nn3cnn(CCc4ccc(OC(F)F)cc4)c(=O)c3c2CN1. The number of aromatic nitrogens is 4. The zero-order chi connectivity index (χ0) is 19.0. The second kappa shape index (κ2) is 7.07. The second-order valence-electron chi connectivity index (χ2n) is 6.64. The van der Waals surface area contributed by atoms with Crippen molar-refractivity contribution in [2.75, 3.05) is 0 Å². The number of hydrogen-bond acceptors (Lipinski definition) is 5. The standard InChI is InChI=1S/C18H19F2N5O2/c1-11-8-15-14(9-21-11)16-17(26)24(22-10-25(16)23-15)7-6-12-2-4-13(5-3-12)27-18(19)20/h2-5,10-11,18,21H,6-9H2,1H3/t11-/m0/s1. The maximum absolute atomic E-state index is 12.8. The molecule has 9 heteroatoms. The number of alkyl halides is 2. The predicted molar refractivity (Wildman–Crippen MR) is 94.0 cm³/mol. The van der Waals surface area contributed by atoms with Gasteiger partial charge in [0, 0.05) is 31.1 Å². The quantitative estimate of drug-likeness (QED) is 0.736. The molecule has 0 amide bonds. The van der Waals surface area contributed by atoms with Crippen LogP contribution in [0.25, 0.3) is 5.52 Å². The molecule has 0 fully saturated rings. The molecule has 27 heavy (non-hydrogen) atoms. The minimum atomic E-state index is -2.84. The summed E-state index contributed by atoms with van der Waals surface area (Å²) in [6, 6.07) is 6.71. The van der Waals surface area contributed by atoms with Crippen LogP contribution in [0, 0.1) is 0 Å². The Morgan fingerprint density at radius 3 is 2.85 bits per heavy atom. The molecular formula is C18H19F2N5O2. The fraction of sp³-hybridized carbons (Fsp3) is 0.389. The Labute approximate surface area is 153 Å². The van der Waals surface area contributed by atoms with Crippen LogP contribution in [0.4, 0.5) is 8.78 Å². The minimum Gasteiger partial charge on any atom is -0.435 e. The van der Waals surface area contributed by atoms with Gasteiger partial charge in [-0.25, -0.2) is 9.20 Å². The Kier molecular flexibility index (Phi) is 4.61. The van der Waals surface area contributed by atoms with Gasteiger partial charge < -0.3 is 10.1 Å². The lowest BCUT2D eigenvalue weighted by Gasteiger charge is -2.18. The summed E-state index contributed by atoms with van der Waals surface area (Å²) in [5.74, 6) is 0.109. The summed E-state index contributed by atoms with van der Waals surface area (Å²) in [6.07, 6.45) is 2.88. The Balaban J connectivity index is 1.54. The Morgan fingerprint density at radius 2 is 2.11 bits per heavy atom. The van der Waals surface area contributed by atoms with Crippen LogP contribution in [0.1, 0.15) is 23.7 Å². The van der Waals surface area contributed by atoms with Crippen molar-refractivity contribution >= 4 is 5.52 Å². The number of rotatable bonds is 5. The highest BCUT2D eigenvalue weighted by Gasteiger charge is 2.22. The molecule has 0 radical (unpaired) electrons. The van der Waals surface area contributed by atoms with Crippen LogP contribution in [0.2, 0.25) is 0 Å². The number of fused-ring (bicyclic) bond motifs is 3. The molecule has 3 aromatic rings. The fourth-order valence-corrected chi connectivity index (χ4v) is 3.33. The highest BCUT2D eigenvalue weighted by atomic mass is 19.3. The molecule has 3 heterocycles. The van der Waals surface area contributed by atoms with E-state index in [-0.39, 0.29) is 11.3 Å². The Bertz CT molecular complexity index is 1010. The van der Waals surface area contributed by atoms with Gasteiger partial charge in [0.2, 0.25) is 0 Å². The van der Waals surface area contributed by atoms with E-state index < -0.39 is 6.61 Å². The third kappa shape index (κ3) is 3.55. The number of hydrogen-bond donors (Lipinski definition) is 1. The van der Waals surface area contributed by atoms with E-state index in [1.54, 1.807) is 23.0 Å². The first-order valence-corrected chi connectivity index (χ1v) is 8.74. The van der Waals surface area contributed by atoms with Gasteiger partial charge in [0.05, 0.1) is 5.69 Å². The molecule has 1 N–H and O–H groups in total. The van der Waals surface area contributed by atoms with Crippen molar-refractivity contribution < 1.29 is 13.5 Å². The molecule has 0 aliphatic carbocycles. The largest absolute Gasteiger partial charge is 0.435 e. The number of halogens is 2. The van der Waals surface area contributed by atoms with E-state index in [2.05, 4.69) is 27.2 Å². The molecule has 4 rings (SSSR count). The molecule has 1 aliphatic rings. The summed E-state index contributed by atoms with van der Waals surface area (Å²) in [7, 11) is 0. The van der Waals surface area contributed by atoms with Gasteiger partial charge in [-0.1, -0.05) is 12.1 Å². The van der Waals surface area contributed by atoms with Crippen LogP contribution in [0.3, 0.4) is 0 Å². The van der Waals surface area contributed by atoms with Gasteiger partial charge in [-0.3, -0.25) is 4.79 Å². The molecule has 0 unspecified atom stereocenters. The maximum atomic E-state index is 12.8. The fourth-order valence-electron chi connectivity index (χ4n) is 3.33. The van der Waals surface area contributed by atoms with Gasteiger partial charge in [-0.05, 0) is 31.0 Å². The summed E-state index contributed by atoms with van der Waals surface area (Å²) in [5, 5.41) is 12.0. The minimum absolute atomic E-state index is 0.109. The van der Waals surface area contributed by atoms with Gasteiger partial charge in [0.25, 0.3) is 5.56 Å². The van der Waals surface area contributed by atoms with Crippen LogP contribution >= 0.6 is 0 Å². The molecular weight excluding hydrogens is 356 g/mol. The van der Waals surface area contributed by atoms with Gasteiger partial charge in [0.15, 0.2) is 0 Å². The van der Waals surface area contributed by atoms with E-state index in [9.17, 15) is 13.6 Å². The summed E-state index contributed by atoms with van der Waals surface area (Å²) >= 11 is 0. The first kappa shape index (κ1) is 17.6. The summed E-state index contributed by atoms with van der Waals surface area (Å²) in [5.41, 5.74) is 3.15. The van der Waals surface area contributed by atoms with Crippen molar-refractivity contribution in [3.63, 3.8) is 0 Å². The van der Waals surface area contributed by atoms with Gasteiger partial charge in [0.1, 0.15) is 17.6 Å². The van der Waals surface area contributed by atoms with Crippen LogP contribution < -0.4 is 15.6 Å². The van der Waals surface area contributed by atoms with E-state index in [1.165, 1.54) is 16.8 Å². The molecule has 0 saturated carbocycles. The predicted octanol–water partition coefficient (Wildman–Crippen LogP) is 1.77. The zero-order valence-corrected chi connectivity index (χ0v) is 14.7. The molecule has 0 bridgehead atoms. The van der Waals surface area contributed by atoms with E-state index >= 15 is 0 Å². The number of ether oxygens (including phenoxy) is 1. The lowest BCUT2D eigenvalue weighted by Crippen LogP contribution is -2.33. The third-order valence-corrected chi connectivity index (χ3v) is 4.72. The van der Waals surface area contributed by atoms with Gasteiger partial charge in [-0.15, -0.1) is 0 Å². The molecule has 7 nitrogen and oxygen atoms in total. The zero-order valence-electron chi connectivity index (χ0n) is 14.7. The van der Waals surface area contributed by atoms with Crippen molar-refractivity contribution in [3.8, 4) is 5.75 Å². The lowest BCUT2D eigenvalue weighted by atomic mass is 10.0. The van der Waals surface area contributed by atoms with Crippen LogP contribution in [-0.2, 0) is 25.9 Å². The summed E-state index contributed by atoms with van der Waals surface area (Å²) in [6.45, 7) is 0.240. The molecule has 142 valence electrons. The van der Waals surface area contributed by atoms with Crippen molar-refractivity contribution in [3.05, 3.63) is 57.8 Å². The van der Waals surface area contributed by atoms with Crippen molar-refractivity contribution in [2.45, 2.75) is 45.5 Å². The summed E-state index contributed by atoms with van der Waals surface area (Å²) < 4.78 is 31.7. The smallest absolute Gasteiger partial charge is 0.387 e. The molecule has 0 saturated heterocycles. The van der Waals surface area contributed by atoms with E-state index in [0.29, 0.717) is 31.1 Å². The average Bonchev–Trinajstić information content (AvgIpc) is 3.00. The lowest BCUT2D eigenvalue weighted by molar-refractivity contribution is -0.0498. The number of benzene rings is 1. The topological polar surface area (TPSA) is 73.5 Å². The van der Waals surface area contributed by atoms with Gasteiger partial charge in [-0.2, -0.15) is 19.0 Å². The monoisotopic (exact) mass is 375 g/mol. The van der Waals surface area contributed by atoms with Crippen molar-refractivity contribution in [1.29, 1.82) is 0 Å². The highest BCUT2D eigenvalue weighted by Crippen LogP contribution is 2.19. The number of aryl methyl sites for hydroxylation is 2. The third-order valence-electron chi connectivity index (χ3n) is 4.72. The van der Waals surface area contributed by atoms with E-state index in [4.69, 9.17) is 0 Å². The van der Waals surface area contributed by atoms with Gasteiger partial charge >= 0.3 is 6.61 Å². The first-order chi connectivity index (χ1) is 13.0. The second-order valence-corrected chi connectivity index (χ2v) is 6.64. The molecule has 2 aromatic heterocycles. The first-order valence-electron chi connectivity index (χ1n) is 8.74. The van der Waals surface area contributed by atoms with Crippen LogP contribution in [0.15, 0.2) is 35.4 Å². The number of nitrogens with one attached hydrogen (secondary N) is 1. The van der Waals surface area contributed by atoms with E-state index in [0.717, 1.165) is 23.2 Å². The van der Waals surface area contributed by atoms with Crippen molar-refractivity contribution in [1.82, 2.24) is 24.7 Å². The normalized spacial score (nSPS) is 16.7. The molecule has 1 atom stereocenters. The Morgan fingerprint density at radius 1 is 1.33 bits per heavy atom. The highest BCUT2D eigenvalue weighted by molar-refractivity contribution is 5.55. The van der Waals surface area contributed by atoms with E-state index in [1.807, 2.05) is 0 Å². The maximum Gasteiger partial charge on any atom is 0.387 e. The Hall–Kier alpha value is -2.81. The number of nitrogens with zero attached hydrogens (tertiary/aromatic N) is 4.